The zero-order valence-corrected chi connectivity index (χ0v) is 17.6. The minimum atomic E-state index is -4.89. The molecule has 32 heavy (non-hydrogen) atoms. The fraction of sp³-hybridized carbons (Fsp3) is 0.158. The summed E-state index contributed by atoms with van der Waals surface area (Å²) in [5.74, 6) is -1.25. The molecular formula is C19H11F4N3O4S2. The standard InChI is InChI=1S/C19H11F4N3O4S2/c1-11-10-26(13-5-6-15-16(8-13)30-19(22,23)18(20,21)29-15)17(31-11)25-32(27,28)14-4-2-3-12(7-14)9-24/h2-8,10H,1H3. The molecule has 166 valence electrons. The third kappa shape index (κ3) is 3.82. The van der Waals surface area contributed by atoms with Crippen LogP contribution in [-0.4, -0.2) is 25.2 Å². The van der Waals surface area contributed by atoms with Crippen molar-refractivity contribution in [3.8, 4) is 23.3 Å². The number of ether oxygens (including phenoxy) is 2. The first-order valence-corrected chi connectivity index (χ1v) is 11.0. The molecule has 3 aromatic rings. The summed E-state index contributed by atoms with van der Waals surface area (Å²) < 4.78 is 92.5. The Hall–Kier alpha value is -3.37. The van der Waals surface area contributed by atoms with E-state index in [2.05, 4.69) is 13.9 Å². The van der Waals surface area contributed by atoms with Gasteiger partial charge in [0.1, 0.15) is 0 Å². The van der Waals surface area contributed by atoms with Crippen LogP contribution in [0.5, 0.6) is 11.5 Å². The quantitative estimate of drug-likeness (QED) is 0.524. The molecule has 0 saturated carbocycles. The highest BCUT2D eigenvalue weighted by atomic mass is 32.2. The minimum Gasteiger partial charge on any atom is -0.421 e. The van der Waals surface area contributed by atoms with Gasteiger partial charge in [-0.05, 0) is 37.3 Å². The lowest BCUT2D eigenvalue weighted by Crippen LogP contribution is -2.52. The number of nitrogens with zero attached hydrogens (tertiary/aromatic N) is 3. The Bertz CT molecular complexity index is 1440. The number of sulfonamides is 1. The van der Waals surface area contributed by atoms with Crippen LogP contribution >= 0.6 is 11.3 Å². The van der Waals surface area contributed by atoms with Crippen LogP contribution in [0.4, 0.5) is 17.6 Å². The van der Waals surface area contributed by atoms with E-state index in [4.69, 9.17) is 5.26 Å². The van der Waals surface area contributed by atoms with Gasteiger partial charge in [-0.1, -0.05) is 6.07 Å². The highest BCUT2D eigenvalue weighted by molar-refractivity contribution is 7.90. The average molecular weight is 485 g/mol. The Morgan fingerprint density at radius 2 is 1.75 bits per heavy atom. The SMILES string of the molecule is Cc1cn(-c2ccc3c(c2)OC(F)(F)C(F)(F)O3)c(=NS(=O)(=O)c2cccc(C#N)c2)s1. The summed E-state index contributed by atoms with van der Waals surface area (Å²) in [6.45, 7) is 1.66. The van der Waals surface area contributed by atoms with Gasteiger partial charge in [0, 0.05) is 17.1 Å². The molecule has 2 heterocycles. The summed E-state index contributed by atoms with van der Waals surface area (Å²) in [5.41, 5.74) is 0.249. The van der Waals surface area contributed by atoms with Crippen molar-refractivity contribution in [3.63, 3.8) is 0 Å². The predicted molar refractivity (Wildman–Crippen MR) is 103 cm³/mol. The zero-order chi connectivity index (χ0) is 23.3. The Morgan fingerprint density at radius 1 is 1.06 bits per heavy atom. The largest absolute Gasteiger partial charge is 0.507 e. The molecule has 13 heteroatoms. The van der Waals surface area contributed by atoms with Crippen LogP contribution in [0.15, 0.2) is 58.0 Å². The van der Waals surface area contributed by atoms with Gasteiger partial charge >= 0.3 is 12.2 Å². The molecule has 0 spiro atoms. The third-order valence-electron chi connectivity index (χ3n) is 4.25. The Labute approximate surface area is 182 Å². The van der Waals surface area contributed by atoms with Gasteiger partial charge in [0.2, 0.25) is 4.80 Å². The molecule has 0 radical (unpaired) electrons. The number of hydrogen-bond donors (Lipinski definition) is 0. The van der Waals surface area contributed by atoms with Gasteiger partial charge in [0.15, 0.2) is 11.5 Å². The highest BCUT2D eigenvalue weighted by Gasteiger charge is 2.65. The van der Waals surface area contributed by atoms with Gasteiger partial charge in [0.25, 0.3) is 10.0 Å². The molecule has 1 aromatic heterocycles. The molecule has 0 aliphatic carbocycles. The van der Waals surface area contributed by atoms with Crippen molar-refractivity contribution >= 4 is 21.4 Å². The Kier molecular flexibility index (Phi) is 5.02. The first-order chi connectivity index (χ1) is 14.9. The van der Waals surface area contributed by atoms with Crippen LogP contribution in [0.3, 0.4) is 0 Å². The molecule has 0 atom stereocenters. The van der Waals surface area contributed by atoms with Crippen molar-refractivity contribution in [2.24, 2.45) is 4.40 Å². The van der Waals surface area contributed by atoms with Crippen LogP contribution < -0.4 is 14.3 Å². The van der Waals surface area contributed by atoms with E-state index in [9.17, 15) is 26.0 Å². The molecule has 0 unspecified atom stereocenters. The normalized spacial score (nSPS) is 17.1. The van der Waals surface area contributed by atoms with E-state index in [1.165, 1.54) is 35.0 Å². The van der Waals surface area contributed by atoms with E-state index >= 15 is 0 Å². The molecule has 1 aliphatic rings. The van der Waals surface area contributed by atoms with E-state index in [1.807, 2.05) is 6.07 Å². The number of aromatic nitrogens is 1. The monoisotopic (exact) mass is 485 g/mol. The second-order valence-electron chi connectivity index (χ2n) is 6.57. The maximum Gasteiger partial charge on any atom is 0.507 e. The zero-order valence-electron chi connectivity index (χ0n) is 15.9. The minimum absolute atomic E-state index is 0.0429. The lowest BCUT2D eigenvalue weighted by molar-refractivity contribution is -0.391. The lowest BCUT2D eigenvalue weighted by Gasteiger charge is -2.31. The summed E-state index contributed by atoms with van der Waals surface area (Å²) in [5, 5.41) is 8.98. The van der Waals surface area contributed by atoms with Crippen molar-refractivity contribution in [2.75, 3.05) is 0 Å². The fourth-order valence-corrected chi connectivity index (χ4v) is 4.86. The molecule has 0 N–H and O–H groups in total. The number of hydrogen-bond acceptors (Lipinski definition) is 6. The molecule has 7 nitrogen and oxygen atoms in total. The van der Waals surface area contributed by atoms with Crippen molar-refractivity contribution in [1.82, 2.24) is 4.57 Å². The lowest BCUT2D eigenvalue weighted by atomic mass is 10.2. The second kappa shape index (κ2) is 7.35. The number of aryl methyl sites for hydroxylation is 1. The summed E-state index contributed by atoms with van der Waals surface area (Å²) in [6.07, 6.45) is -8.25. The molecule has 0 fully saturated rings. The number of thiazole rings is 1. The van der Waals surface area contributed by atoms with Crippen LogP contribution in [0.25, 0.3) is 5.69 Å². The second-order valence-corrected chi connectivity index (χ2v) is 9.39. The van der Waals surface area contributed by atoms with Crippen molar-refractivity contribution in [1.29, 1.82) is 5.26 Å². The van der Waals surface area contributed by atoms with Crippen molar-refractivity contribution < 1.29 is 35.5 Å². The van der Waals surface area contributed by atoms with E-state index in [1.54, 1.807) is 6.92 Å². The van der Waals surface area contributed by atoms with Crippen LogP contribution in [-0.2, 0) is 10.0 Å². The van der Waals surface area contributed by atoms with Gasteiger partial charge in [-0.3, -0.25) is 4.57 Å². The van der Waals surface area contributed by atoms with Gasteiger partial charge in [-0.2, -0.15) is 31.2 Å². The Balaban J connectivity index is 1.81. The molecule has 0 amide bonds. The molecule has 0 saturated heterocycles. The summed E-state index contributed by atoms with van der Waals surface area (Å²) >= 11 is 0.990. The maximum absolute atomic E-state index is 13.5. The fourth-order valence-electron chi connectivity index (χ4n) is 2.79. The maximum atomic E-state index is 13.5. The van der Waals surface area contributed by atoms with Gasteiger partial charge in [-0.15, -0.1) is 15.7 Å². The molecule has 2 aromatic carbocycles. The van der Waals surface area contributed by atoms with Crippen LogP contribution in [0, 0.1) is 18.3 Å². The first-order valence-electron chi connectivity index (χ1n) is 8.70. The van der Waals surface area contributed by atoms with E-state index in [-0.39, 0.29) is 20.9 Å². The molecule has 0 bridgehead atoms. The first kappa shape index (κ1) is 21.8. The number of benzene rings is 2. The molecule has 1 aliphatic heterocycles. The summed E-state index contributed by atoms with van der Waals surface area (Å²) in [7, 11) is -4.23. The molecular weight excluding hydrogens is 474 g/mol. The van der Waals surface area contributed by atoms with Crippen LogP contribution in [0.2, 0.25) is 0 Å². The number of alkyl halides is 4. The van der Waals surface area contributed by atoms with E-state index < -0.39 is 33.7 Å². The third-order valence-corrected chi connectivity index (χ3v) is 6.53. The number of rotatable bonds is 3. The van der Waals surface area contributed by atoms with Gasteiger partial charge in [0.05, 0.1) is 22.2 Å². The van der Waals surface area contributed by atoms with Crippen molar-refractivity contribution in [3.05, 3.63) is 63.9 Å². The molecule has 4 rings (SSSR count). The average Bonchev–Trinajstić information content (AvgIpc) is 3.07. The van der Waals surface area contributed by atoms with Gasteiger partial charge < -0.3 is 9.47 Å². The van der Waals surface area contributed by atoms with E-state index in [0.29, 0.717) is 4.88 Å². The number of fused-ring (bicyclic) bond motifs is 1. The summed E-state index contributed by atoms with van der Waals surface area (Å²) in [4.78, 5) is 0.369. The number of nitriles is 1. The Morgan fingerprint density at radius 3 is 2.44 bits per heavy atom. The van der Waals surface area contributed by atoms with E-state index in [0.717, 1.165) is 29.5 Å². The smallest absolute Gasteiger partial charge is 0.421 e. The predicted octanol–water partition coefficient (Wildman–Crippen LogP) is 3.97. The topological polar surface area (TPSA) is 93.7 Å². The highest BCUT2D eigenvalue weighted by Crippen LogP contribution is 2.47. The van der Waals surface area contributed by atoms with Crippen molar-refractivity contribution in [2.45, 2.75) is 24.0 Å². The number of halogens is 4. The summed E-state index contributed by atoms with van der Waals surface area (Å²) in [6, 6.07) is 10.4. The van der Waals surface area contributed by atoms with Gasteiger partial charge in [-0.25, -0.2) is 0 Å². The van der Waals surface area contributed by atoms with Crippen LogP contribution in [0.1, 0.15) is 10.4 Å².